The summed E-state index contributed by atoms with van der Waals surface area (Å²) < 4.78 is 0.889. The van der Waals surface area contributed by atoms with Gasteiger partial charge < -0.3 is 9.90 Å². The monoisotopic (exact) mass is 374 g/mol. The maximum Gasteiger partial charge on any atom is 0.272 e. The Labute approximate surface area is 141 Å². The second-order valence-corrected chi connectivity index (χ2v) is 5.54. The van der Waals surface area contributed by atoms with E-state index in [1.807, 2.05) is 12.1 Å². The summed E-state index contributed by atoms with van der Waals surface area (Å²) in [4.78, 5) is 26.5. The zero-order valence-corrected chi connectivity index (χ0v) is 13.6. The first-order valence-electron chi connectivity index (χ1n) is 6.79. The molecule has 2 aromatic rings. The van der Waals surface area contributed by atoms with Gasteiger partial charge in [0.1, 0.15) is 0 Å². The van der Waals surface area contributed by atoms with E-state index in [-0.39, 0.29) is 12.8 Å². The first-order chi connectivity index (χ1) is 11.1. The molecule has 0 unspecified atom stereocenters. The van der Waals surface area contributed by atoms with Gasteiger partial charge in [-0.1, -0.05) is 28.1 Å². The van der Waals surface area contributed by atoms with Crippen LogP contribution in [-0.4, -0.2) is 22.6 Å². The van der Waals surface area contributed by atoms with Gasteiger partial charge in [0.2, 0.25) is 0 Å². The minimum absolute atomic E-state index is 0.150. The average Bonchev–Trinajstić information content (AvgIpc) is 2.56. The van der Waals surface area contributed by atoms with E-state index in [9.17, 15) is 14.7 Å². The predicted molar refractivity (Wildman–Crippen MR) is 86.6 cm³/mol. The lowest BCUT2D eigenvalue weighted by atomic mass is 10.1. The van der Waals surface area contributed by atoms with E-state index in [1.165, 1.54) is 6.20 Å². The number of hydrazone groups is 1. The molecule has 6 nitrogen and oxygen atoms in total. The number of carboxylic acid groups (broad SMARTS) is 1. The van der Waals surface area contributed by atoms with Crippen molar-refractivity contribution in [2.24, 2.45) is 5.10 Å². The molecule has 2 rings (SSSR count). The zero-order valence-electron chi connectivity index (χ0n) is 12.0. The van der Waals surface area contributed by atoms with Crippen LogP contribution in [0.4, 0.5) is 0 Å². The number of hydrogen-bond donors (Lipinski definition) is 1. The van der Waals surface area contributed by atoms with Gasteiger partial charge in [0.15, 0.2) is 0 Å². The molecule has 1 N–H and O–H groups in total. The fourth-order valence-corrected chi connectivity index (χ4v) is 2.07. The van der Waals surface area contributed by atoms with Crippen molar-refractivity contribution < 1.29 is 14.7 Å². The Bertz CT molecular complexity index is 715. The Morgan fingerprint density at radius 3 is 2.48 bits per heavy atom. The lowest BCUT2D eigenvalue weighted by Crippen LogP contribution is -2.24. The van der Waals surface area contributed by atoms with Crippen molar-refractivity contribution in [3.8, 4) is 0 Å². The second kappa shape index (κ2) is 8.19. The molecule has 0 spiro atoms. The number of halogens is 1. The van der Waals surface area contributed by atoms with Gasteiger partial charge in [0, 0.05) is 22.8 Å². The molecule has 1 aromatic heterocycles. The fraction of sp³-hybridized carbons (Fsp3) is 0.125. The summed E-state index contributed by atoms with van der Waals surface area (Å²) in [6, 6.07) is 10.4. The van der Waals surface area contributed by atoms with Crippen LogP contribution >= 0.6 is 15.9 Å². The van der Waals surface area contributed by atoms with Gasteiger partial charge in [-0.05, 0) is 42.7 Å². The largest absolute Gasteiger partial charge is 0.550 e. The third-order valence-electron chi connectivity index (χ3n) is 2.96. The van der Waals surface area contributed by atoms with E-state index < -0.39 is 11.9 Å². The Kier molecular flexibility index (Phi) is 5.99. The van der Waals surface area contributed by atoms with Crippen molar-refractivity contribution >= 4 is 33.5 Å². The molecule has 1 aromatic carbocycles. The molecular weight excluding hydrogens is 362 g/mol. The Morgan fingerprint density at radius 2 is 1.87 bits per heavy atom. The molecule has 0 atom stereocenters. The van der Waals surface area contributed by atoms with Crippen LogP contribution in [-0.2, 0) is 4.79 Å². The molecule has 0 saturated heterocycles. The predicted octanol–water partition coefficient (Wildman–Crippen LogP) is 1.51. The van der Waals surface area contributed by atoms with Gasteiger partial charge in [-0.15, -0.1) is 0 Å². The van der Waals surface area contributed by atoms with Gasteiger partial charge in [-0.2, -0.15) is 5.10 Å². The number of hydrogen-bond acceptors (Lipinski definition) is 5. The minimum atomic E-state index is -1.17. The van der Waals surface area contributed by atoms with Crippen LogP contribution in [0.25, 0.3) is 0 Å². The highest BCUT2D eigenvalue weighted by Crippen LogP contribution is 2.13. The molecule has 0 fully saturated rings. The van der Waals surface area contributed by atoms with Crippen molar-refractivity contribution in [3.05, 3.63) is 64.4 Å². The molecule has 118 valence electrons. The molecule has 0 bridgehead atoms. The van der Waals surface area contributed by atoms with Gasteiger partial charge in [0.25, 0.3) is 5.91 Å². The summed E-state index contributed by atoms with van der Waals surface area (Å²) in [6.07, 6.45) is 2.95. The van der Waals surface area contributed by atoms with Crippen molar-refractivity contribution in [1.82, 2.24) is 10.4 Å². The molecule has 7 heteroatoms. The number of carbonyl (C=O) groups is 2. The lowest BCUT2D eigenvalue weighted by Gasteiger charge is -2.08. The van der Waals surface area contributed by atoms with Crippen molar-refractivity contribution in [1.29, 1.82) is 0 Å². The second-order valence-electron chi connectivity index (χ2n) is 4.62. The summed E-state index contributed by atoms with van der Waals surface area (Å²) in [5.41, 5.74) is 3.97. The number of nitrogens with zero attached hydrogens (tertiary/aromatic N) is 2. The molecule has 1 heterocycles. The normalized spacial score (nSPS) is 11.1. The third-order valence-corrected chi connectivity index (χ3v) is 3.49. The summed E-state index contributed by atoms with van der Waals surface area (Å²) in [6.45, 7) is 0. The first-order valence-corrected chi connectivity index (χ1v) is 7.58. The molecule has 23 heavy (non-hydrogen) atoms. The van der Waals surface area contributed by atoms with Crippen molar-refractivity contribution in [3.63, 3.8) is 0 Å². The topological polar surface area (TPSA) is 94.5 Å². The van der Waals surface area contributed by atoms with Gasteiger partial charge in [-0.25, -0.2) is 5.43 Å². The Hall–Kier alpha value is -2.54. The van der Waals surface area contributed by atoms with Crippen LogP contribution in [0.1, 0.15) is 28.8 Å². The third kappa shape index (κ3) is 5.30. The van der Waals surface area contributed by atoms with Gasteiger partial charge >= 0.3 is 0 Å². The van der Waals surface area contributed by atoms with Crippen molar-refractivity contribution in [2.45, 2.75) is 12.8 Å². The highest BCUT2D eigenvalue weighted by atomic mass is 79.9. The van der Waals surface area contributed by atoms with E-state index in [1.54, 1.807) is 30.5 Å². The zero-order chi connectivity index (χ0) is 16.7. The quantitative estimate of drug-likeness (QED) is 0.612. The number of amides is 1. The smallest absolute Gasteiger partial charge is 0.272 e. The number of aromatic nitrogens is 1. The van der Waals surface area contributed by atoms with Crippen LogP contribution in [0.2, 0.25) is 0 Å². The van der Waals surface area contributed by atoms with Crippen LogP contribution in [0, 0.1) is 0 Å². The standard InChI is InChI=1S/C16H14BrN3O3/c17-13-5-3-11(4-6-13)14(7-8-15(21)22)19-20-16(23)12-2-1-9-18-10-12/h1-6,9-10H,7-8H2,(H,20,23)(H,21,22)/p-1/b19-14-. The number of nitrogens with one attached hydrogen (secondary N) is 1. The summed E-state index contributed by atoms with van der Waals surface area (Å²) in [5, 5.41) is 14.7. The van der Waals surface area contributed by atoms with Gasteiger partial charge in [-0.3, -0.25) is 9.78 Å². The number of rotatable bonds is 6. The van der Waals surface area contributed by atoms with Crippen LogP contribution in [0.5, 0.6) is 0 Å². The SMILES string of the molecule is O=C([O-])CC/C(=N/NC(=O)c1cccnc1)c1ccc(Br)cc1. The first kappa shape index (κ1) is 16.8. The highest BCUT2D eigenvalue weighted by Gasteiger charge is 2.08. The van der Waals surface area contributed by atoms with Crippen LogP contribution in [0.3, 0.4) is 0 Å². The number of carbonyl (C=O) groups excluding carboxylic acids is 2. The van der Waals surface area contributed by atoms with Crippen LogP contribution in [0.15, 0.2) is 58.4 Å². The number of benzene rings is 1. The fourth-order valence-electron chi connectivity index (χ4n) is 1.81. The van der Waals surface area contributed by atoms with E-state index in [0.29, 0.717) is 11.3 Å². The van der Waals surface area contributed by atoms with Gasteiger partial charge in [0.05, 0.1) is 11.3 Å². The molecule has 0 radical (unpaired) electrons. The summed E-state index contributed by atoms with van der Waals surface area (Å²) >= 11 is 3.33. The minimum Gasteiger partial charge on any atom is -0.550 e. The van der Waals surface area contributed by atoms with E-state index in [4.69, 9.17) is 0 Å². The molecule has 1 amide bonds. The van der Waals surface area contributed by atoms with E-state index in [2.05, 4.69) is 31.4 Å². The maximum atomic E-state index is 12.0. The maximum absolute atomic E-state index is 12.0. The van der Waals surface area contributed by atoms with E-state index >= 15 is 0 Å². The average molecular weight is 375 g/mol. The highest BCUT2D eigenvalue weighted by molar-refractivity contribution is 9.10. The molecule has 0 aliphatic carbocycles. The van der Waals surface area contributed by atoms with E-state index in [0.717, 1.165) is 10.0 Å². The number of carboxylic acids is 1. The van der Waals surface area contributed by atoms with Crippen LogP contribution < -0.4 is 10.5 Å². The molecule has 0 aliphatic heterocycles. The summed E-state index contributed by atoms with van der Waals surface area (Å²) in [7, 11) is 0. The molecular formula is C16H13BrN3O3-. The Balaban J connectivity index is 2.17. The number of aliphatic carboxylic acids is 1. The Morgan fingerprint density at radius 1 is 1.13 bits per heavy atom. The molecule has 0 saturated carbocycles. The lowest BCUT2D eigenvalue weighted by molar-refractivity contribution is -0.305. The number of pyridine rings is 1. The van der Waals surface area contributed by atoms with Crippen molar-refractivity contribution in [2.75, 3.05) is 0 Å². The summed E-state index contributed by atoms with van der Waals surface area (Å²) in [5.74, 6) is -1.59. The molecule has 0 aliphatic rings.